The van der Waals surface area contributed by atoms with E-state index in [0.29, 0.717) is 5.69 Å². The summed E-state index contributed by atoms with van der Waals surface area (Å²) in [5.74, 6) is -2.28. The average Bonchev–Trinajstić information content (AvgIpc) is 2.79. The molecule has 0 spiro atoms. The smallest absolute Gasteiger partial charge is 0.481 e. The van der Waals surface area contributed by atoms with Crippen molar-refractivity contribution in [1.29, 1.82) is 0 Å². The molecule has 0 aliphatic rings. The SMILES string of the molecule is CCOC(=O)c1nn(-c2ccccc2)c(=O)cc1OCC(=O)Nc1ccc(OC(F)(F)F)cc1. The summed E-state index contributed by atoms with van der Waals surface area (Å²) in [5, 5.41) is 6.44. The van der Waals surface area contributed by atoms with Crippen molar-refractivity contribution in [1.82, 2.24) is 9.78 Å². The number of esters is 1. The minimum absolute atomic E-state index is 0.0406. The number of aromatic nitrogens is 2. The van der Waals surface area contributed by atoms with Gasteiger partial charge in [-0.1, -0.05) is 18.2 Å². The molecule has 1 N–H and O–H groups in total. The average molecular weight is 477 g/mol. The summed E-state index contributed by atoms with van der Waals surface area (Å²) in [4.78, 5) is 37.1. The molecule has 178 valence electrons. The lowest BCUT2D eigenvalue weighted by atomic mass is 10.3. The van der Waals surface area contributed by atoms with Crippen molar-refractivity contribution in [2.75, 3.05) is 18.5 Å². The molecule has 34 heavy (non-hydrogen) atoms. The zero-order valence-corrected chi connectivity index (χ0v) is 17.7. The quantitative estimate of drug-likeness (QED) is 0.496. The molecule has 0 bridgehead atoms. The van der Waals surface area contributed by atoms with Gasteiger partial charge in [0.15, 0.2) is 12.4 Å². The summed E-state index contributed by atoms with van der Waals surface area (Å²) in [5.41, 5.74) is -0.353. The first kappa shape index (κ1) is 24.3. The molecule has 9 nitrogen and oxygen atoms in total. The van der Waals surface area contributed by atoms with E-state index < -0.39 is 36.2 Å². The molecular weight excluding hydrogens is 459 g/mol. The molecule has 1 heterocycles. The summed E-state index contributed by atoms with van der Waals surface area (Å²) >= 11 is 0. The second kappa shape index (κ2) is 10.5. The fourth-order valence-electron chi connectivity index (χ4n) is 2.73. The maximum Gasteiger partial charge on any atom is 0.573 e. The number of hydrogen-bond donors (Lipinski definition) is 1. The fourth-order valence-corrected chi connectivity index (χ4v) is 2.73. The van der Waals surface area contributed by atoms with Gasteiger partial charge in [-0.05, 0) is 43.3 Å². The van der Waals surface area contributed by atoms with E-state index in [1.165, 1.54) is 12.1 Å². The summed E-state index contributed by atoms with van der Waals surface area (Å²) in [6.07, 6.45) is -4.84. The molecule has 1 aromatic heterocycles. The number of hydrogen-bond acceptors (Lipinski definition) is 7. The maximum absolute atomic E-state index is 12.5. The Hall–Kier alpha value is -4.35. The van der Waals surface area contributed by atoms with Crippen molar-refractivity contribution in [3.05, 3.63) is 76.7 Å². The van der Waals surface area contributed by atoms with Gasteiger partial charge in [0.25, 0.3) is 11.5 Å². The van der Waals surface area contributed by atoms with Gasteiger partial charge < -0.3 is 19.5 Å². The van der Waals surface area contributed by atoms with Gasteiger partial charge in [0.05, 0.1) is 18.4 Å². The second-order valence-electron chi connectivity index (χ2n) is 6.57. The van der Waals surface area contributed by atoms with Crippen molar-refractivity contribution in [3.8, 4) is 17.2 Å². The van der Waals surface area contributed by atoms with Crippen LogP contribution in [0.25, 0.3) is 5.69 Å². The van der Waals surface area contributed by atoms with Gasteiger partial charge in [-0.3, -0.25) is 9.59 Å². The van der Waals surface area contributed by atoms with Gasteiger partial charge in [-0.25, -0.2) is 4.79 Å². The molecule has 2 aromatic carbocycles. The number of carbonyl (C=O) groups excluding carboxylic acids is 2. The first-order valence-electron chi connectivity index (χ1n) is 9.81. The molecule has 0 fully saturated rings. The van der Waals surface area contributed by atoms with Crippen LogP contribution in [0.2, 0.25) is 0 Å². The van der Waals surface area contributed by atoms with Crippen LogP contribution in [0, 0.1) is 0 Å². The number of amides is 1. The van der Waals surface area contributed by atoms with Crippen LogP contribution in [0.4, 0.5) is 18.9 Å². The maximum atomic E-state index is 12.5. The van der Waals surface area contributed by atoms with Gasteiger partial charge >= 0.3 is 12.3 Å². The van der Waals surface area contributed by atoms with E-state index in [0.717, 1.165) is 22.9 Å². The third kappa shape index (κ3) is 6.58. The minimum atomic E-state index is -4.84. The zero-order chi connectivity index (χ0) is 24.7. The molecule has 0 aliphatic carbocycles. The highest BCUT2D eigenvalue weighted by molar-refractivity contribution is 5.93. The number of benzene rings is 2. The molecule has 12 heteroatoms. The van der Waals surface area contributed by atoms with Crippen LogP contribution in [0.5, 0.6) is 11.5 Å². The fraction of sp³-hybridized carbons (Fsp3) is 0.182. The molecule has 0 unspecified atom stereocenters. The van der Waals surface area contributed by atoms with Crippen molar-refractivity contribution in [2.24, 2.45) is 0 Å². The van der Waals surface area contributed by atoms with Crippen LogP contribution in [-0.4, -0.2) is 41.2 Å². The van der Waals surface area contributed by atoms with Gasteiger partial charge in [0, 0.05) is 5.69 Å². The van der Waals surface area contributed by atoms with E-state index in [4.69, 9.17) is 9.47 Å². The van der Waals surface area contributed by atoms with E-state index in [1.807, 2.05) is 0 Å². The van der Waals surface area contributed by atoms with Crippen LogP contribution in [0.1, 0.15) is 17.4 Å². The third-order valence-corrected chi connectivity index (χ3v) is 4.10. The van der Waals surface area contributed by atoms with E-state index >= 15 is 0 Å². The standard InChI is InChI=1S/C22H18F3N3O6/c1-2-32-21(31)20-17(12-19(30)28(27-20)15-6-4-3-5-7-15)33-13-18(29)26-14-8-10-16(11-9-14)34-22(23,24)25/h3-12H,2,13H2,1H3,(H,26,29). The van der Waals surface area contributed by atoms with Crippen LogP contribution < -0.4 is 20.3 Å². The normalized spacial score (nSPS) is 10.9. The largest absolute Gasteiger partial charge is 0.573 e. The highest BCUT2D eigenvalue weighted by atomic mass is 19.4. The number of ether oxygens (including phenoxy) is 3. The molecule has 0 aliphatic heterocycles. The number of rotatable bonds is 8. The van der Waals surface area contributed by atoms with Crippen LogP contribution >= 0.6 is 0 Å². The summed E-state index contributed by atoms with van der Waals surface area (Å²) in [6.45, 7) is 1.01. The van der Waals surface area contributed by atoms with Crippen LogP contribution in [-0.2, 0) is 9.53 Å². The Kier molecular flexibility index (Phi) is 7.51. The monoisotopic (exact) mass is 477 g/mol. The minimum Gasteiger partial charge on any atom is -0.481 e. The van der Waals surface area contributed by atoms with E-state index in [-0.39, 0.29) is 23.7 Å². The number of nitrogens with one attached hydrogen (secondary N) is 1. The van der Waals surface area contributed by atoms with Gasteiger partial charge in [0.2, 0.25) is 5.69 Å². The molecule has 3 rings (SSSR count). The summed E-state index contributed by atoms with van der Waals surface area (Å²) in [7, 11) is 0. The molecule has 3 aromatic rings. The van der Waals surface area contributed by atoms with E-state index in [2.05, 4.69) is 15.2 Å². The lowest BCUT2D eigenvalue weighted by molar-refractivity contribution is -0.274. The summed E-state index contributed by atoms with van der Waals surface area (Å²) in [6, 6.07) is 13.8. The summed E-state index contributed by atoms with van der Waals surface area (Å²) < 4.78 is 51.7. The number of nitrogens with zero attached hydrogens (tertiary/aromatic N) is 2. The Morgan fingerprint density at radius 3 is 2.35 bits per heavy atom. The first-order chi connectivity index (χ1) is 16.2. The van der Waals surface area contributed by atoms with Gasteiger partial charge in [-0.15, -0.1) is 13.2 Å². The third-order valence-electron chi connectivity index (χ3n) is 4.10. The Labute approximate surface area is 190 Å². The molecule has 1 amide bonds. The second-order valence-corrected chi connectivity index (χ2v) is 6.57. The van der Waals surface area contributed by atoms with Crippen molar-refractivity contribution >= 4 is 17.6 Å². The van der Waals surface area contributed by atoms with Crippen molar-refractivity contribution in [3.63, 3.8) is 0 Å². The first-order valence-corrected chi connectivity index (χ1v) is 9.81. The Morgan fingerprint density at radius 1 is 1.06 bits per heavy atom. The highest BCUT2D eigenvalue weighted by Gasteiger charge is 2.31. The van der Waals surface area contributed by atoms with E-state index in [1.54, 1.807) is 37.3 Å². The molecule has 0 atom stereocenters. The Morgan fingerprint density at radius 2 is 1.74 bits per heavy atom. The number of alkyl halides is 3. The lowest BCUT2D eigenvalue weighted by Crippen LogP contribution is -2.27. The molecule has 0 saturated carbocycles. The van der Waals surface area contributed by atoms with E-state index in [9.17, 15) is 27.6 Å². The Bertz CT molecular complexity index is 1210. The Balaban J connectivity index is 1.74. The van der Waals surface area contributed by atoms with Gasteiger partial charge in [-0.2, -0.15) is 9.78 Å². The van der Waals surface area contributed by atoms with Crippen molar-refractivity contribution in [2.45, 2.75) is 13.3 Å². The van der Waals surface area contributed by atoms with Crippen LogP contribution in [0.3, 0.4) is 0 Å². The number of anilines is 1. The van der Waals surface area contributed by atoms with Gasteiger partial charge in [0.1, 0.15) is 5.75 Å². The number of para-hydroxylation sites is 1. The topological polar surface area (TPSA) is 109 Å². The number of halogens is 3. The molecule has 0 radical (unpaired) electrons. The van der Waals surface area contributed by atoms with Crippen molar-refractivity contribution < 1.29 is 37.0 Å². The predicted molar refractivity (Wildman–Crippen MR) is 113 cm³/mol. The molecular formula is C22H18F3N3O6. The lowest BCUT2D eigenvalue weighted by Gasteiger charge is -2.13. The number of carbonyl (C=O) groups is 2. The highest BCUT2D eigenvalue weighted by Crippen LogP contribution is 2.24. The predicted octanol–water partition coefficient (Wildman–Crippen LogP) is 3.33. The van der Waals surface area contributed by atoms with Crippen LogP contribution in [0.15, 0.2) is 65.5 Å². The molecule has 0 saturated heterocycles. The zero-order valence-electron chi connectivity index (χ0n) is 17.7.